The van der Waals surface area contributed by atoms with Crippen LogP contribution in [-0.4, -0.2) is 5.11 Å². The van der Waals surface area contributed by atoms with Crippen LogP contribution < -0.4 is 4.74 Å². The molecule has 0 aliphatic carbocycles. The van der Waals surface area contributed by atoms with Gasteiger partial charge < -0.3 is 9.84 Å². The monoisotopic (exact) mass is 300 g/mol. The Morgan fingerprint density at radius 3 is 2.63 bits per heavy atom. The van der Waals surface area contributed by atoms with Gasteiger partial charge in [-0.05, 0) is 24.3 Å². The highest BCUT2D eigenvalue weighted by atomic mass is 35.5. The standard InChI is InChI=1S/C14H11Cl2FO2/c15-12-3-1-2-9(14(12)16)8-19-13-5-4-11(17)6-10(13)7-18/h1-6,18H,7-8H2. The van der Waals surface area contributed by atoms with Gasteiger partial charge in [-0.2, -0.15) is 0 Å². The van der Waals surface area contributed by atoms with E-state index in [-0.39, 0.29) is 13.2 Å². The molecule has 1 N–H and O–H groups in total. The molecule has 0 aliphatic heterocycles. The van der Waals surface area contributed by atoms with Crippen molar-refractivity contribution in [3.63, 3.8) is 0 Å². The molecule has 0 fully saturated rings. The molecule has 5 heteroatoms. The van der Waals surface area contributed by atoms with Crippen LogP contribution in [0.1, 0.15) is 11.1 Å². The molecule has 2 rings (SSSR count). The van der Waals surface area contributed by atoms with Gasteiger partial charge in [0.05, 0.1) is 16.7 Å². The number of hydrogen-bond acceptors (Lipinski definition) is 2. The molecule has 0 amide bonds. The van der Waals surface area contributed by atoms with Crippen molar-refractivity contribution >= 4 is 23.2 Å². The van der Waals surface area contributed by atoms with Crippen LogP contribution in [0.5, 0.6) is 5.75 Å². The molecule has 2 aromatic carbocycles. The zero-order chi connectivity index (χ0) is 13.8. The first-order chi connectivity index (χ1) is 9.11. The molecule has 0 heterocycles. The zero-order valence-corrected chi connectivity index (χ0v) is 11.4. The van der Waals surface area contributed by atoms with E-state index < -0.39 is 5.82 Å². The summed E-state index contributed by atoms with van der Waals surface area (Å²) in [4.78, 5) is 0. The summed E-state index contributed by atoms with van der Waals surface area (Å²) < 4.78 is 18.5. The molecule has 0 saturated carbocycles. The van der Waals surface area contributed by atoms with E-state index in [1.807, 2.05) is 0 Å². The lowest BCUT2D eigenvalue weighted by atomic mass is 10.2. The van der Waals surface area contributed by atoms with E-state index in [2.05, 4.69) is 0 Å². The quantitative estimate of drug-likeness (QED) is 0.917. The first-order valence-corrected chi connectivity index (χ1v) is 6.32. The maximum Gasteiger partial charge on any atom is 0.125 e. The fourth-order valence-corrected chi connectivity index (χ4v) is 2.00. The molecular weight excluding hydrogens is 290 g/mol. The number of aliphatic hydroxyl groups is 1. The zero-order valence-electron chi connectivity index (χ0n) is 9.87. The second kappa shape index (κ2) is 6.24. The van der Waals surface area contributed by atoms with Gasteiger partial charge in [-0.25, -0.2) is 4.39 Å². The molecule has 2 nitrogen and oxygen atoms in total. The van der Waals surface area contributed by atoms with Gasteiger partial charge in [0.2, 0.25) is 0 Å². The van der Waals surface area contributed by atoms with E-state index in [0.717, 1.165) is 5.56 Å². The number of benzene rings is 2. The molecule has 2 aromatic rings. The Morgan fingerprint density at radius 1 is 1.11 bits per heavy atom. The third-order valence-electron chi connectivity index (χ3n) is 2.61. The molecule has 19 heavy (non-hydrogen) atoms. The van der Waals surface area contributed by atoms with Crippen molar-refractivity contribution in [3.05, 3.63) is 63.4 Å². The Bertz CT molecular complexity index is 588. The number of aliphatic hydroxyl groups excluding tert-OH is 1. The van der Waals surface area contributed by atoms with E-state index in [4.69, 9.17) is 33.0 Å². The van der Waals surface area contributed by atoms with Gasteiger partial charge in [-0.3, -0.25) is 0 Å². The molecule has 0 atom stereocenters. The minimum Gasteiger partial charge on any atom is -0.488 e. The molecule has 0 aliphatic rings. The van der Waals surface area contributed by atoms with Crippen molar-refractivity contribution in [1.82, 2.24) is 0 Å². The van der Waals surface area contributed by atoms with Crippen molar-refractivity contribution in [2.45, 2.75) is 13.2 Å². The largest absolute Gasteiger partial charge is 0.488 e. The number of halogens is 3. The molecule has 100 valence electrons. The minimum absolute atomic E-state index is 0.192. The van der Waals surface area contributed by atoms with Crippen LogP contribution >= 0.6 is 23.2 Å². The topological polar surface area (TPSA) is 29.5 Å². The van der Waals surface area contributed by atoms with Crippen LogP contribution in [0.4, 0.5) is 4.39 Å². The summed E-state index contributed by atoms with van der Waals surface area (Å²) in [6, 6.07) is 9.22. The highest BCUT2D eigenvalue weighted by molar-refractivity contribution is 6.42. The second-order valence-corrected chi connectivity index (χ2v) is 4.70. The highest BCUT2D eigenvalue weighted by Crippen LogP contribution is 2.27. The molecule has 0 unspecified atom stereocenters. The second-order valence-electron chi connectivity index (χ2n) is 3.91. The smallest absolute Gasteiger partial charge is 0.125 e. The van der Waals surface area contributed by atoms with Gasteiger partial charge in [-0.15, -0.1) is 0 Å². The molecule has 0 spiro atoms. The van der Waals surface area contributed by atoms with Crippen LogP contribution in [0.25, 0.3) is 0 Å². The average molecular weight is 301 g/mol. The van der Waals surface area contributed by atoms with Crippen LogP contribution in [0.2, 0.25) is 10.0 Å². The maximum absolute atomic E-state index is 13.0. The van der Waals surface area contributed by atoms with Crippen molar-refractivity contribution in [2.24, 2.45) is 0 Å². The SMILES string of the molecule is OCc1cc(F)ccc1OCc1cccc(Cl)c1Cl. The number of hydrogen-bond donors (Lipinski definition) is 1. The summed E-state index contributed by atoms with van der Waals surface area (Å²) in [5, 5.41) is 10.0. The fourth-order valence-electron chi connectivity index (χ4n) is 1.63. The third-order valence-corrected chi connectivity index (χ3v) is 3.47. The number of rotatable bonds is 4. The first-order valence-electron chi connectivity index (χ1n) is 5.57. The van der Waals surface area contributed by atoms with Gasteiger partial charge in [0.15, 0.2) is 0 Å². The Kier molecular flexibility index (Phi) is 4.64. The summed E-state index contributed by atoms with van der Waals surface area (Å²) in [6.07, 6.45) is 0. The van der Waals surface area contributed by atoms with Gasteiger partial charge in [0.25, 0.3) is 0 Å². The highest BCUT2D eigenvalue weighted by Gasteiger charge is 2.08. The number of ether oxygens (including phenoxy) is 1. The van der Waals surface area contributed by atoms with Gasteiger partial charge in [0, 0.05) is 11.1 Å². The van der Waals surface area contributed by atoms with E-state index in [1.54, 1.807) is 18.2 Å². The average Bonchev–Trinajstić information content (AvgIpc) is 2.41. The molecular formula is C14H11Cl2FO2. The molecule has 0 aromatic heterocycles. The Morgan fingerprint density at radius 2 is 1.89 bits per heavy atom. The first kappa shape index (κ1) is 14.1. The van der Waals surface area contributed by atoms with Crippen molar-refractivity contribution < 1.29 is 14.2 Å². The molecule has 0 bridgehead atoms. The van der Waals surface area contributed by atoms with Gasteiger partial charge >= 0.3 is 0 Å². The predicted molar refractivity (Wildman–Crippen MR) is 73.1 cm³/mol. The van der Waals surface area contributed by atoms with E-state index in [9.17, 15) is 4.39 Å². The van der Waals surface area contributed by atoms with Crippen molar-refractivity contribution in [1.29, 1.82) is 0 Å². The Balaban J connectivity index is 2.17. The Labute approximate surface area is 120 Å². The lowest BCUT2D eigenvalue weighted by molar-refractivity contribution is 0.258. The summed E-state index contributed by atoms with van der Waals surface area (Å²) in [5.74, 6) is -0.00266. The lowest BCUT2D eigenvalue weighted by Crippen LogP contribution is -2.00. The van der Waals surface area contributed by atoms with Crippen LogP contribution in [0.3, 0.4) is 0 Å². The Hall–Kier alpha value is -1.29. The van der Waals surface area contributed by atoms with Crippen molar-refractivity contribution in [2.75, 3.05) is 0 Å². The lowest BCUT2D eigenvalue weighted by Gasteiger charge is -2.11. The van der Waals surface area contributed by atoms with Crippen LogP contribution in [0, 0.1) is 5.82 Å². The predicted octanol–water partition coefficient (Wildman–Crippen LogP) is 4.20. The molecule has 0 radical (unpaired) electrons. The summed E-state index contributed by atoms with van der Waals surface area (Å²) in [5.41, 5.74) is 1.11. The summed E-state index contributed by atoms with van der Waals surface area (Å²) >= 11 is 11.9. The van der Waals surface area contributed by atoms with Crippen LogP contribution in [0.15, 0.2) is 36.4 Å². The van der Waals surface area contributed by atoms with Gasteiger partial charge in [0.1, 0.15) is 18.2 Å². The summed E-state index contributed by atoms with van der Waals surface area (Å²) in [6.45, 7) is -0.103. The minimum atomic E-state index is -0.419. The fraction of sp³-hybridized carbons (Fsp3) is 0.143. The van der Waals surface area contributed by atoms with Crippen molar-refractivity contribution in [3.8, 4) is 5.75 Å². The summed E-state index contributed by atoms with van der Waals surface area (Å²) in [7, 11) is 0. The van der Waals surface area contributed by atoms with E-state index in [0.29, 0.717) is 21.4 Å². The molecule has 0 saturated heterocycles. The van der Waals surface area contributed by atoms with E-state index in [1.165, 1.54) is 18.2 Å². The van der Waals surface area contributed by atoms with Gasteiger partial charge in [-0.1, -0.05) is 35.3 Å². The third kappa shape index (κ3) is 3.38. The van der Waals surface area contributed by atoms with Crippen LogP contribution in [-0.2, 0) is 13.2 Å². The van der Waals surface area contributed by atoms with E-state index >= 15 is 0 Å². The normalized spacial score (nSPS) is 10.5. The maximum atomic E-state index is 13.0.